The molecule has 0 fully saturated rings. The van der Waals surface area contributed by atoms with Gasteiger partial charge in [-0.3, -0.25) is 19.6 Å². The number of amides is 2. The van der Waals surface area contributed by atoms with E-state index in [0.29, 0.717) is 51.4 Å². The number of carbonyl (C=O) groups is 2. The number of ether oxygens (including phenoxy) is 2. The first kappa shape index (κ1) is 45.4. The molecule has 0 saturated heterocycles. The lowest BCUT2D eigenvalue weighted by atomic mass is 9.95. The van der Waals surface area contributed by atoms with Crippen molar-refractivity contribution in [1.82, 2.24) is 15.6 Å². The number of carbonyl (C=O) groups excluding carboxylic acids is 2. The van der Waals surface area contributed by atoms with Crippen molar-refractivity contribution >= 4 is 49.2 Å². The number of aryl methyl sites for hydroxylation is 1. The van der Waals surface area contributed by atoms with Crippen molar-refractivity contribution in [3.05, 3.63) is 123 Å². The van der Waals surface area contributed by atoms with Crippen LogP contribution in [0, 0.1) is 0 Å². The summed E-state index contributed by atoms with van der Waals surface area (Å²) in [5, 5.41) is 6.05. The minimum Gasteiger partial charge on any atom is -0.490 e. The summed E-state index contributed by atoms with van der Waals surface area (Å²) in [7, 11) is -7.23. The minimum atomic E-state index is -3.63. The number of nitrogens with zero attached hydrogens (tertiary/aromatic N) is 4. The van der Waals surface area contributed by atoms with E-state index in [-0.39, 0.29) is 55.6 Å². The fourth-order valence-corrected chi connectivity index (χ4v) is 9.83. The summed E-state index contributed by atoms with van der Waals surface area (Å²) in [5.74, 6) is -0.103. The Hall–Kier alpha value is -6.14. The van der Waals surface area contributed by atoms with E-state index in [1.54, 1.807) is 60.7 Å². The van der Waals surface area contributed by atoms with E-state index in [2.05, 4.69) is 24.4 Å². The molecule has 62 heavy (non-hydrogen) atoms. The van der Waals surface area contributed by atoms with Crippen LogP contribution in [0.1, 0.15) is 114 Å². The number of amidine groups is 2. The molecule has 16 nitrogen and oxygen atoms in total. The van der Waals surface area contributed by atoms with Gasteiger partial charge in [-0.15, -0.1) is 8.80 Å². The van der Waals surface area contributed by atoms with E-state index in [1.165, 1.54) is 0 Å². The van der Waals surface area contributed by atoms with Gasteiger partial charge in [-0.05, 0) is 94.8 Å². The number of benzene rings is 3. The van der Waals surface area contributed by atoms with Crippen molar-refractivity contribution in [2.75, 3.05) is 13.2 Å². The summed E-state index contributed by atoms with van der Waals surface area (Å²) >= 11 is 0. The number of nitrogens with one attached hydrogen (secondary N) is 2. The third-order valence-corrected chi connectivity index (χ3v) is 12.7. The van der Waals surface area contributed by atoms with Crippen LogP contribution in [0.3, 0.4) is 0 Å². The largest absolute Gasteiger partial charge is 0.490 e. The Morgan fingerprint density at radius 3 is 1.74 bits per heavy atom. The molecule has 1 aromatic heterocycles. The molecule has 0 bridgehead atoms. The molecular formula is C44H52N8O8S2. The summed E-state index contributed by atoms with van der Waals surface area (Å²) in [5.41, 5.74) is 18.3. The quantitative estimate of drug-likeness (QED) is 0.173. The summed E-state index contributed by atoms with van der Waals surface area (Å²) in [6.07, 6.45) is 2.71. The van der Waals surface area contributed by atoms with E-state index in [0.717, 1.165) is 47.5 Å². The number of pyridine rings is 1. The molecule has 328 valence electrons. The smallest absolute Gasteiger partial charge is 0.259 e. The topological polar surface area (TPSA) is 247 Å². The fraction of sp³-hybridized carbons (Fsp3) is 0.364. The summed E-state index contributed by atoms with van der Waals surface area (Å²) in [4.78, 5) is 35.2. The summed E-state index contributed by atoms with van der Waals surface area (Å²) in [6, 6.07) is 19.1. The molecule has 3 aliphatic heterocycles. The highest BCUT2D eigenvalue weighted by Gasteiger charge is 2.34. The predicted molar refractivity (Wildman–Crippen MR) is 239 cm³/mol. The highest BCUT2D eigenvalue weighted by Crippen LogP contribution is 2.33. The molecule has 0 saturated carbocycles. The van der Waals surface area contributed by atoms with Gasteiger partial charge in [0.15, 0.2) is 0 Å². The van der Waals surface area contributed by atoms with Gasteiger partial charge < -0.3 is 31.6 Å². The van der Waals surface area contributed by atoms with Crippen LogP contribution in [0.4, 0.5) is 0 Å². The molecular weight excluding hydrogens is 833 g/mol. The van der Waals surface area contributed by atoms with E-state index in [4.69, 9.17) is 25.9 Å². The molecule has 6 N–H and O–H groups in total. The van der Waals surface area contributed by atoms with Gasteiger partial charge in [-0.2, -0.15) is 0 Å². The number of aliphatic imine (C=N–C) groups is 1. The first-order valence-corrected chi connectivity index (χ1v) is 22.9. The van der Waals surface area contributed by atoms with Crippen molar-refractivity contribution in [3.8, 4) is 11.5 Å². The number of hydrogen-bond acceptors (Lipinski definition) is 12. The van der Waals surface area contributed by atoms with Crippen molar-refractivity contribution < 1.29 is 35.9 Å². The Labute approximate surface area is 362 Å². The average Bonchev–Trinajstić information content (AvgIpc) is 3.80. The first-order chi connectivity index (χ1) is 28.7. The van der Waals surface area contributed by atoms with Crippen LogP contribution in [0.2, 0.25) is 0 Å². The second-order valence-electron chi connectivity index (χ2n) is 16.6. The van der Waals surface area contributed by atoms with Gasteiger partial charge in [0.1, 0.15) is 36.4 Å². The zero-order valence-corrected chi connectivity index (χ0v) is 36.2. The maximum absolute atomic E-state index is 13.5. The van der Waals surface area contributed by atoms with Gasteiger partial charge in [0.25, 0.3) is 31.9 Å². The maximum Gasteiger partial charge on any atom is 0.259 e. The third kappa shape index (κ3) is 9.97. The molecule has 8 rings (SSSR count). The first-order valence-electron chi connectivity index (χ1n) is 19.6. The van der Waals surface area contributed by atoms with Gasteiger partial charge in [0.05, 0.1) is 51.5 Å². The lowest BCUT2D eigenvalue weighted by Gasteiger charge is -2.28. The van der Waals surface area contributed by atoms with Crippen LogP contribution >= 0.6 is 0 Å². The normalized spacial score (nSPS) is 16.5. The van der Waals surface area contributed by atoms with Gasteiger partial charge in [0, 0.05) is 22.5 Å². The fourth-order valence-electron chi connectivity index (χ4n) is 7.65. The lowest BCUT2D eigenvalue weighted by Crippen LogP contribution is -2.48. The minimum absolute atomic E-state index is 0. The maximum atomic E-state index is 13.5. The number of nitrogens with two attached hydrogens (primary N) is 2. The SMILES string of the molecule is C.CC(C)(COc1cccc2c1C(N)=NS(=O)(=O)C2)NC(=O)c1ccccc1.CC1=NCc2nc3c(c(C(=O)NC(C)(C)COc4cccc5c4C(N)=NS(=O)(=O)C5)c21)CCC3. The van der Waals surface area contributed by atoms with E-state index >= 15 is 0 Å². The van der Waals surface area contributed by atoms with Gasteiger partial charge in [-0.25, -0.2) is 16.8 Å². The zero-order chi connectivity index (χ0) is 43.9. The van der Waals surface area contributed by atoms with E-state index < -0.39 is 31.1 Å². The highest BCUT2D eigenvalue weighted by molar-refractivity contribution is 7.89. The lowest BCUT2D eigenvalue weighted by molar-refractivity contribution is 0.0871. The second kappa shape index (κ2) is 17.3. The van der Waals surface area contributed by atoms with Crippen LogP contribution in [0.15, 0.2) is 80.5 Å². The molecule has 4 heterocycles. The Morgan fingerprint density at radius 1 is 0.694 bits per heavy atom. The third-order valence-electron chi connectivity index (χ3n) is 10.4. The van der Waals surface area contributed by atoms with Crippen LogP contribution in [0.5, 0.6) is 11.5 Å². The average molecular weight is 885 g/mol. The van der Waals surface area contributed by atoms with Crippen LogP contribution < -0.4 is 31.6 Å². The summed E-state index contributed by atoms with van der Waals surface area (Å²) < 4.78 is 66.5. The molecule has 4 aliphatic rings. The number of rotatable bonds is 10. The van der Waals surface area contributed by atoms with E-state index in [9.17, 15) is 26.4 Å². The molecule has 0 atom stereocenters. The van der Waals surface area contributed by atoms with Crippen molar-refractivity contribution in [1.29, 1.82) is 0 Å². The van der Waals surface area contributed by atoms with Crippen LogP contribution in [-0.4, -0.2) is 75.3 Å². The molecule has 0 radical (unpaired) electrons. The molecule has 0 spiro atoms. The number of hydrogen-bond donors (Lipinski definition) is 4. The Balaban J connectivity index is 0.000000209. The van der Waals surface area contributed by atoms with Gasteiger partial charge in [0.2, 0.25) is 0 Å². The van der Waals surface area contributed by atoms with Gasteiger partial charge >= 0.3 is 0 Å². The highest BCUT2D eigenvalue weighted by atomic mass is 32.2. The predicted octanol–water partition coefficient (Wildman–Crippen LogP) is 4.49. The standard InChI is InChI=1S/C24H27N5O4S.C19H21N3O4S.CH4/c1-13-19-17(10-26-13)27-16-8-5-7-15(16)21(19)23(30)28-24(2,3)12-33-18-9-4-6-14-11-34(31,32)29-22(25)20(14)18;1-19(2,21-18(23)13-7-4-3-5-8-13)12-26-15-10-6-9-14-11-27(24,25)22-17(20)16(14)15;/h4,6,9H,5,7-8,10-12H2,1-3H3,(H2,25,29)(H,28,30);3-10H,11-12H2,1-2H3,(H2,20,22)(H,21,23);1H4. The Bertz CT molecular complexity index is 2770. The molecule has 1 aliphatic carbocycles. The number of aromatic nitrogens is 1. The van der Waals surface area contributed by atoms with Crippen molar-refractivity contribution in [2.45, 2.75) is 90.4 Å². The second-order valence-corrected chi connectivity index (χ2v) is 19.9. The van der Waals surface area contributed by atoms with Crippen molar-refractivity contribution in [2.24, 2.45) is 25.3 Å². The van der Waals surface area contributed by atoms with Crippen LogP contribution in [-0.2, 0) is 50.9 Å². The Kier molecular flexibility index (Phi) is 12.7. The zero-order valence-electron chi connectivity index (χ0n) is 34.5. The van der Waals surface area contributed by atoms with Gasteiger partial charge in [-0.1, -0.05) is 49.9 Å². The molecule has 4 aromatic rings. The number of fused-ring (bicyclic) bond motifs is 4. The molecule has 0 unspecified atom stereocenters. The summed E-state index contributed by atoms with van der Waals surface area (Å²) in [6.45, 7) is 10.2. The number of sulfonamides is 2. The Morgan fingerprint density at radius 2 is 1.21 bits per heavy atom. The monoisotopic (exact) mass is 884 g/mol. The van der Waals surface area contributed by atoms with Crippen LogP contribution in [0.25, 0.3) is 0 Å². The molecule has 3 aromatic carbocycles. The molecule has 2 amide bonds. The van der Waals surface area contributed by atoms with E-state index in [1.807, 2.05) is 40.7 Å². The van der Waals surface area contributed by atoms with Crippen molar-refractivity contribution in [3.63, 3.8) is 0 Å². The molecule has 18 heteroatoms.